The first-order chi connectivity index (χ1) is 16.8. The molecule has 2 fully saturated rings. The van der Waals surface area contributed by atoms with Crippen molar-refractivity contribution in [2.75, 3.05) is 31.0 Å². The number of anilines is 2. The summed E-state index contributed by atoms with van der Waals surface area (Å²) < 4.78 is 21.9. The molecule has 2 heterocycles. The van der Waals surface area contributed by atoms with Gasteiger partial charge in [-0.25, -0.2) is 9.59 Å². The van der Waals surface area contributed by atoms with Gasteiger partial charge in [0.15, 0.2) is 17.0 Å². The monoisotopic (exact) mass is 499 g/mol. The highest BCUT2D eigenvalue weighted by molar-refractivity contribution is 7.80. The van der Waals surface area contributed by atoms with Gasteiger partial charge in [-0.3, -0.25) is 10.1 Å². The first kappa shape index (κ1) is 24.6. The summed E-state index contributed by atoms with van der Waals surface area (Å²) in [4.78, 5) is 35.6. The summed E-state index contributed by atoms with van der Waals surface area (Å²) in [5.41, 5.74) is 1.97. The summed E-state index contributed by atoms with van der Waals surface area (Å²) in [5.74, 6) is -0.545. The molecule has 4 atom stereocenters. The largest absolute Gasteiger partial charge is 0.465 e. The number of hydrogen-bond donors (Lipinski definition) is 3. The zero-order valence-electron chi connectivity index (χ0n) is 19.1. The molecule has 2 aliphatic heterocycles. The fourth-order valence-corrected chi connectivity index (χ4v) is 4.24. The highest BCUT2D eigenvalue weighted by Gasteiger charge is 2.49. The second-order valence-corrected chi connectivity index (χ2v) is 8.49. The van der Waals surface area contributed by atoms with E-state index in [2.05, 4.69) is 16.0 Å². The molecule has 0 aliphatic carbocycles. The van der Waals surface area contributed by atoms with E-state index in [1.807, 2.05) is 0 Å². The maximum Gasteiger partial charge on any atom is 0.412 e. The average Bonchev–Trinajstić information content (AvgIpc) is 3.42. The number of esters is 1. The van der Waals surface area contributed by atoms with Gasteiger partial charge in [-0.2, -0.15) is 0 Å². The Balaban J connectivity index is 1.29. The number of ketones is 1. The minimum atomic E-state index is -0.664. The average molecular weight is 500 g/mol. The number of methoxy groups -OCH3 is 1. The number of benzene rings is 2. The van der Waals surface area contributed by atoms with Crippen molar-refractivity contribution in [3.05, 3.63) is 59.7 Å². The number of thiocarbonyl (C=S) groups is 1. The fraction of sp³-hybridized carbons (Fsp3) is 0.333. The molecule has 1 amide bonds. The van der Waals surface area contributed by atoms with Crippen LogP contribution in [0.2, 0.25) is 0 Å². The maximum absolute atomic E-state index is 12.4. The normalized spacial score (nSPS) is 22.6. The number of Topliss-reactive ketones (excluding diaryl/α,β-unsaturated/α-hetero) is 1. The lowest BCUT2D eigenvalue weighted by molar-refractivity contribution is 0.00879. The number of amides is 1. The van der Waals surface area contributed by atoms with Crippen molar-refractivity contribution in [1.29, 1.82) is 0 Å². The number of nitrogens with one attached hydrogen (secondary N) is 3. The first-order valence-electron chi connectivity index (χ1n) is 10.9. The summed E-state index contributed by atoms with van der Waals surface area (Å²) in [6.07, 6.45) is -2.08. The van der Waals surface area contributed by atoms with Crippen LogP contribution in [-0.4, -0.2) is 67.6 Å². The second kappa shape index (κ2) is 10.8. The van der Waals surface area contributed by atoms with E-state index in [1.165, 1.54) is 14.0 Å². The third kappa shape index (κ3) is 5.94. The topological polar surface area (TPSA) is 124 Å². The van der Waals surface area contributed by atoms with Gasteiger partial charge in [0.2, 0.25) is 0 Å². The molecule has 0 bridgehead atoms. The zero-order chi connectivity index (χ0) is 24.9. The van der Waals surface area contributed by atoms with Crippen LogP contribution in [-0.2, 0) is 18.9 Å². The van der Waals surface area contributed by atoms with E-state index in [4.69, 9.17) is 31.2 Å². The number of rotatable bonds is 6. The number of ether oxygens (including phenoxy) is 4. The standard InChI is InChI=1S/C24H25N3O7S/c1-13(28)14-5-3-8-17(9-14)26-24(30)34-19-12-33-20-18(11-32-21(19)20)27-23(35)25-16-7-4-6-15(10-16)22(29)31-2/h3-10,18-21H,11-12H2,1-2H3,(H,26,30)(H2,25,27,35)/t18-,19+,20+,21+/m0/s1. The molecule has 0 spiro atoms. The Morgan fingerprint density at radius 1 is 0.943 bits per heavy atom. The van der Waals surface area contributed by atoms with Gasteiger partial charge in [0.05, 0.1) is 31.9 Å². The van der Waals surface area contributed by atoms with E-state index in [-0.39, 0.29) is 24.5 Å². The van der Waals surface area contributed by atoms with Crippen LogP contribution in [0.15, 0.2) is 48.5 Å². The first-order valence-corrected chi connectivity index (χ1v) is 11.3. The molecule has 0 radical (unpaired) electrons. The molecule has 184 valence electrons. The van der Waals surface area contributed by atoms with Crippen LogP contribution in [0, 0.1) is 0 Å². The minimum absolute atomic E-state index is 0.101. The predicted molar refractivity (Wildman–Crippen MR) is 131 cm³/mol. The summed E-state index contributed by atoms with van der Waals surface area (Å²) in [6, 6.07) is 13.1. The molecular formula is C24H25N3O7S. The van der Waals surface area contributed by atoms with Gasteiger partial charge in [0.1, 0.15) is 12.2 Å². The van der Waals surface area contributed by atoms with Crippen LogP contribution in [0.4, 0.5) is 16.2 Å². The van der Waals surface area contributed by atoms with Crippen LogP contribution in [0.1, 0.15) is 27.6 Å². The molecule has 0 aromatic heterocycles. The molecule has 0 saturated carbocycles. The van der Waals surface area contributed by atoms with E-state index in [0.717, 1.165) is 0 Å². The SMILES string of the molecule is COC(=O)c1cccc(NC(=S)N[C@H]2CO[C@H]3[C@@H]2OC[C@H]3OC(=O)Nc2cccc(C(C)=O)c2)c1. The van der Waals surface area contributed by atoms with Crippen molar-refractivity contribution in [1.82, 2.24) is 5.32 Å². The summed E-state index contributed by atoms with van der Waals surface area (Å²) >= 11 is 5.40. The Bertz CT molecular complexity index is 1140. The minimum Gasteiger partial charge on any atom is -0.465 e. The van der Waals surface area contributed by atoms with Crippen molar-refractivity contribution in [3.8, 4) is 0 Å². The molecule has 0 unspecified atom stereocenters. The van der Waals surface area contributed by atoms with Gasteiger partial charge >= 0.3 is 12.1 Å². The molecule has 35 heavy (non-hydrogen) atoms. The van der Waals surface area contributed by atoms with E-state index in [0.29, 0.717) is 34.2 Å². The Hall–Kier alpha value is -3.54. The molecule has 2 aromatic carbocycles. The Kier molecular flexibility index (Phi) is 7.59. The van der Waals surface area contributed by atoms with E-state index < -0.39 is 24.3 Å². The highest BCUT2D eigenvalue weighted by Crippen LogP contribution is 2.29. The molecule has 4 rings (SSSR count). The molecule has 2 aliphatic rings. The summed E-state index contributed by atoms with van der Waals surface area (Å²) in [6.45, 7) is 1.94. The number of carbonyl (C=O) groups excluding carboxylic acids is 3. The lowest BCUT2D eigenvalue weighted by atomic mass is 10.1. The lowest BCUT2D eigenvalue weighted by Crippen LogP contribution is -2.46. The molecule has 11 heteroatoms. The third-order valence-corrected chi connectivity index (χ3v) is 5.86. The number of fused-ring (bicyclic) bond motifs is 1. The van der Waals surface area contributed by atoms with Crippen LogP contribution >= 0.6 is 12.2 Å². The van der Waals surface area contributed by atoms with Gasteiger partial charge < -0.3 is 29.6 Å². The second-order valence-electron chi connectivity index (χ2n) is 8.08. The van der Waals surface area contributed by atoms with Crippen LogP contribution in [0.25, 0.3) is 0 Å². The van der Waals surface area contributed by atoms with Crippen molar-refractivity contribution in [2.45, 2.75) is 31.3 Å². The van der Waals surface area contributed by atoms with Crippen molar-refractivity contribution in [2.24, 2.45) is 0 Å². The quantitative estimate of drug-likeness (QED) is 0.310. The molecule has 10 nitrogen and oxygen atoms in total. The molecule has 3 N–H and O–H groups in total. The molecule has 2 saturated heterocycles. The Morgan fingerprint density at radius 2 is 1.60 bits per heavy atom. The predicted octanol–water partition coefficient (Wildman–Crippen LogP) is 2.75. The summed E-state index contributed by atoms with van der Waals surface area (Å²) in [5, 5.41) is 9.15. The number of hydrogen-bond acceptors (Lipinski definition) is 8. The third-order valence-electron chi connectivity index (χ3n) is 5.64. The van der Waals surface area contributed by atoms with E-state index >= 15 is 0 Å². The van der Waals surface area contributed by atoms with E-state index in [9.17, 15) is 14.4 Å². The zero-order valence-corrected chi connectivity index (χ0v) is 19.9. The van der Waals surface area contributed by atoms with Gasteiger partial charge in [-0.05, 0) is 49.5 Å². The van der Waals surface area contributed by atoms with Crippen molar-refractivity contribution in [3.63, 3.8) is 0 Å². The Labute approximate surface area is 207 Å². The van der Waals surface area contributed by atoms with E-state index in [1.54, 1.807) is 48.5 Å². The van der Waals surface area contributed by atoms with Gasteiger partial charge in [-0.1, -0.05) is 18.2 Å². The van der Waals surface area contributed by atoms with Gasteiger partial charge in [0.25, 0.3) is 0 Å². The fourth-order valence-electron chi connectivity index (χ4n) is 3.97. The smallest absolute Gasteiger partial charge is 0.412 e. The molecular weight excluding hydrogens is 474 g/mol. The summed E-state index contributed by atoms with van der Waals surface area (Å²) in [7, 11) is 1.32. The maximum atomic E-state index is 12.4. The molecule has 2 aromatic rings. The van der Waals surface area contributed by atoms with Crippen LogP contribution < -0.4 is 16.0 Å². The van der Waals surface area contributed by atoms with Gasteiger partial charge in [0, 0.05) is 16.9 Å². The van der Waals surface area contributed by atoms with Crippen LogP contribution in [0.3, 0.4) is 0 Å². The number of carbonyl (C=O) groups is 3. The highest BCUT2D eigenvalue weighted by atomic mass is 32.1. The van der Waals surface area contributed by atoms with Crippen molar-refractivity contribution < 1.29 is 33.3 Å². The lowest BCUT2D eigenvalue weighted by Gasteiger charge is -2.20. The van der Waals surface area contributed by atoms with Gasteiger partial charge in [-0.15, -0.1) is 0 Å². The van der Waals surface area contributed by atoms with Crippen LogP contribution in [0.5, 0.6) is 0 Å². The van der Waals surface area contributed by atoms with Crippen molar-refractivity contribution >= 4 is 46.6 Å². The Morgan fingerprint density at radius 3 is 2.31 bits per heavy atom.